The molecule has 4 unspecified atom stereocenters. The monoisotopic (exact) mass is 276 g/mol. The van der Waals surface area contributed by atoms with E-state index in [2.05, 4.69) is 18.2 Å². The van der Waals surface area contributed by atoms with Gasteiger partial charge in [-0.2, -0.15) is 0 Å². The largest absolute Gasteiger partial charge is 0.393 e. The lowest BCUT2D eigenvalue weighted by molar-refractivity contribution is -0.153. The maximum atomic E-state index is 12.2. The second-order valence-electron chi connectivity index (χ2n) is 6.05. The van der Waals surface area contributed by atoms with Gasteiger partial charge in [-0.3, -0.25) is 9.59 Å². The van der Waals surface area contributed by atoms with Gasteiger partial charge in [-0.15, -0.1) is 0 Å². The van der Waals surface area contributed by atoms with Crippen molar-refractivity contribution in [1.82, 2.24) is 0 Å². The van der Waals surface area contributed by atoms with Gasteiger partial charge in [-0.05, 0) is 22.3 Å². The Morgan fingerprint density at radius 3 is 1.76 bits per heavy atom. The molecule has 21 heavy (non-hydrogen) atoms. The van der Waals surface area contributed by atoms with E-state index >= 15 is 0 Å². The van der Waals surface area contributed by atoms with E-state index in [0.717, 1.165) is 22.3 Å². The third-order valence-corrected chi connectivity index (χ3v) is 5.15. The van der Waals surface area contributed by atoms with Crippen molar-refractivity contribution in [2.24, 2.45) is 11.8 Å². The third kappa shape index (κ3) is 1.24. The Labute approximate surface area is 121 Å². The van der Waals surface area contributed by atoms with Crippen LogP contribution in [0.1, 0.15) is 34.1 Å². The van der Waals surface area contributed by atoms with Gasteiger partial charge in [0.15, 0.2) is 0 Å². The molecule has 0 aromatic heterocycles. The van der Waals surface area contributed by atoms with Crippen LogP contribution in [0.4, 0.5) is 0 Å². The first-order valence-corrected chi connectivity index (χ1v) is 7.20. The number of carbonyl (C=O) groups is 2. The van der Waals surface area contributed by atoms with Gasteiger partial charge < -0.3 is 4.74 Å². The standard InChI is InChI=1S/C18H12O3/c19-17-15-13-9-4-3-5-10(8-9)14(16(15)18(20)21-17)12-7-2-1-6-11(12)13/h1-8,13-16H. The number of esters is 2. The van der Waals surface area contributed by atoms with Gasteiger partial charge in [-0.25, -0.2) is 0 Å². The molecule has 102 valence electrons. The van der Waals surface area contributed by atoms with E-state index < -0.39 is 0 Å². The highest BCUT2D eigenvalue weighted by molar-refractivity contribution is 5.99. The summed E-state index contributed by atoms with van der Waals surface area (Å²) in [5.41, 5.74) is 4.55. The van der Waals surface area contributed by atoms with Crippen LogP contribution >= 0.6 is 0 Å². The number of benzene rings is 2. The molecule has 4 atom stereocenters. The Kier molecular flexibility index (Phi) is 1.94. The second-order valence-corrected chi connectivity index (χ2v) is 6.05. The maximum absolute atomic E-state index is 12.2. The van der Waals surface area contributed by atoms with E-state index in [1.54, 1.807) is 0 Å². The van der Waals surface area contributed by atoms with Crippen molar-refractivity contribution >= 4 is 11.9 Å². The van der Waals surface area contributed by atoms with Crippen molar-refractivity contribution < 1.29 is 14.3 Å². The molecular weight excluding hydrogens is 264 g/mol. The molecule has 0 amide bonds. The van der Waals surface area contributed by atoms with E-state index in [0.29, 0.717) is 0 Å². The van der Waals surface area contributed by atoms with Crippen LogP contribution in [0.15, 0.2) is 48.5 Å². The normalized spacial score (nSPS) is 31.4. The van der Waals surface area contributed by atoms with Crippen LogP contribution in [-0.4, -0.2) is 11.9 Å². The van der Waals surface area contributed by atoms with E-state index in [1.165, 1.54) is 0 Å². The van der Waals surface area contributed by atoms with E-state index in [1.807, 2.05) is 30.3 Å². The summed E-state index contributed by atoms with van der Waals surface area (Å²) in [6, 6.07) is 16.4. The summed E-state index contributed by atoms with van der Waals surface area (Å²) in [5, 5.41) is 0. The molecule has 0 radical (unpaired) electrons. The number of carbonyl (C=O) groups excluding carboxylic acids is 2. The van der Waals surface area contributed by atoms with Crippen LogP contribution < -0.4 is 0 Å². The minimum absolute atomic E-state index is 0.0659. The Morgan fingerprint density at radius 1 is 0.714 bits per heavy atom. The summed E-state index contributed by atoms with van der Waals surface area (Å²) in [7, 11) is 0. The predicted molar refractivity (Wildman–Crippen MR) is 74.6 cm³/mol. The minimum atomic E-state index is -0.378. The summed E-state index contributed by atoms with van der Waals surface area (Å²) in [5.74, 6) is -1.61. The molecule has 4 bridgehead atoms. The van der Waals surface area contributed by atoms with Crippen LogP contribution in [0.25, 0.3) is 0 Å². The molecule has 1 heterocycles. The molecule has 3 nitrogen and oxygen atoms in total. The number of ether oxygens (including phenoxy) is 1. The van der Waals surface area contributed by atoms with Crippen LogP contribution in [0.5, 0.6) is 0 Å². The molecule has 2 aromatic carbocycles. The van der Waals surface area contributed by atoms with Crippen molar-refractivity contribution in [3.8, 4) is 0 Å². The van der Waals surface area contributed by atoms with Crippen molar-refractivity contribution in [2.75, 3.05) is 0 Å². The zero-order valence-corrected chi connectivity index (χ0v) is 11.2. The van der Waals surface area contributed by atoms with Gasteiger partial charge in [-0.1, -0.05) is 48.5 Å². The Bertz CT molecular complexity index is 745. The zero-order valence-electron chi connectivity index (χ0n) is 11.2. The number of rotatable bonds is 0. The molecule has 3 aliphatic carbocycles. The molecule has 0 saturated carbocycles. The lowest BCUT2D eigenvalue weighted by atomic mass is 9.64. The zero-order chi connectivity index (χ0) is 14.1. The summed E-state index contributed by atoms with van der Waals surface area (Å²) in [6.07, 6.45) is 0. The lowest BCUT2D eigenvalue weighted by Gasteiger charge is -2.34. The van der Waals surface area contributed by atoms with Crippen LogP contribution in [0.3, 0.4) is 0 Å². The fraction of sp³-hybridized carbons (Fsp3) is 0.222. The number of hydrogen-bond donors (Lipinski definition) is 0. The van der Waals surface area contributed by atoms with Crippen molar-refractivity contribution in [3.63, 3.8) is 0 Å². The average Bonchev–Trinajstić information content (AvgIpc) is 2.70. The molecule has 0 spiro atoms. The number of hydrogen-bond acceptors (Lipinski definition) is 3. The Hall–Kier alpha value is -2.42. The second kappa shape index (κ2) is 3.61. The quantitative estimate of drug-likeness (QED) is 0.548. The van der Waals surface area contributed by atoms with Gasteiger partial charge in [0.2, 0.25) is 0 Å². The molecule has 6 rings (SSSR count). The van der Waals surface area contributed by atoms with Crippen molar-refractivity contribution in [2.45, 2.75) is 11.8 Å². The molecule has 2 aromatic rings. The Balaban J connectivity index is 1.90. The third-order valence-electron chi connectivity index (χ3n) is 5.15. The highest BCUT2D eigenvalue weighted by atomic mass is 16.6. The van der Waals surface area contributed by atoms with Crippen LogP contribution in [0.2, 0.25) is 0 Å². The van der Waals surface area contributed by atoms with E-state index in [9.17, 15) is 9.59 Å². The van der Waals surface area contributed by atoms with Gasteiger partial charge in [0.05, 0.1) is 11.8 Å². The van der Waals surface area contributed by atoms with Crippen LogP contribution in [0, 0.1) is 11.8 Å². The summed E-state index contributed by atoms with van der Waals surface area (Å²) in [6.45, 7) is 0. The molecule has 1 saturated heterocycles. The van der Waals surface area contributed by atoms with Gasteiger partial charge in [0.25, 0.3) is 0 Å². The predicted octanol–water partition coefficient (Wildman–Crippen LogP) is 2.59. The highest BCUT2D eigenvalue weighted by Crippen LogP contribution is 2.57. The molecular formula is C18H12O3. The van der Waals surface area contributed by atoms with Gasteiger partial charge in [0, 0.05) is 11.8 Å². The Morgan fingerprint density at radius 2 is 1.24 bits per heavy atom. The first-order valence-electron chi connectivity index (χ1n) is 7.20. The van der Waals surface area contributed by atoms with Crippen molar-refractivity contribution in [3.05, 3.63) is 70.8 Å². The molecule has 1 aliphatic heterocycles. The minimum Gasteiger partial charge on any atom is -0.393 e. The fourth-order valence-corrected chi connectivity index (χ4v) is 4.40. The van der Waals surface area contributed by atoms with Gasteiger partial charge >= 0.3 is 11.9 Å². The maximum Gasteiger partial charge on any atom is 0.318 e. The lowest BCUT2D eigenvalue weighted by Crippen LogP contribution is -2.34. The topological polar surface area (TPSA) is 43.4 Å². The van der Waals surface area contributed by atoms with Crippen LogP contribution in [-0.2, 0) is 14.3 Å². The average molecular weight is 276 g/mol. The SMILES string of the molecule is O=C1OC(=O)C2C3c4cccc(c4)C(c4ccccc43)C12. The first-order chi connectivity index (χ1) is 10.3. The fourth-order valence-electron chi connectivity index (χ4n) is 4.40. The van der Waals surface area contributed by atoms with Crippen molar-refractivity contribution in [1.29, 1.82) is 0 Å². The summed E-state index contributed by atoms with van der Waals surface area (Å²) < 4.78 is 4.98. The summed E-state index contributed by atoms with van der Waals surface area (Å²) in [4.78, 5) is 24.5. The molecule has 1 fully saturated rings. The smallest absolute Gasteiger partial charge is 0.318 e. The van der Waals surface area contributed by atoms with E-state index in [-0.39, 0.29) is 35.6 Å². The highest BCUT2D eigenvalue weighted by Gasteiger charge is 2.58. The first kappa shape index (κ1) is 11.3. The molecule has 3 heteroatoms. The molecule has 4 aliphatic rings. The van der Waals surface area contributed by atoms with Gasteiger partial charge in [0.1, 0.15) is 0 Å². The summed E-state index contributed by atoms with van der Waals surface area (Å²) >= 11 is 0. The number of cyclic esters (lactones) is 2. The molecule has 0 N–H and O–H groups in total. The van der Waals surface area contributed by atoms with E-state index in [4.69, 9.17) is 4.74 Å².